The normalized spacial score (nSPS) is 19.1. The molecule has 164 valence electrons. The Morgan fingerprint density at radius 1 is 0.733 bits per heavy atom. The summed E-state index contributed by atoms with van der Waals surface area (Å²) in [5.41, 5.74) is 3.68. The fourth-order valence-corrected chi connectivity index (χ4v) is 5.03. The molecule has 0 amide bonds. The van der Waals surface area contributed by atoms with Crippen LogP contribution in [0.3, 0.4) is 0 Å². The minimum absolute atomic E-state index is 0.300. The third kappa shape index (κ3) is 7.69. The second-order valence-electron chi connectivity index (χ2n) is 9.20. The second kappa shape index (κ2) is 13.1. The number of unbranched alkanes of at least 4 members (excludes halogenated alkanes) is 8. The first-order valence-corrected chi connectivity index (χ1v) is 12.7. The third-order valence-electron chi connectivity index (χ3n) is 6.90. The lowest BCUT2D eigenvalue weighted by molar-refractivity contribution is 0.302. The average Bonchev–Trinajstić information content (AvgIpc) is 2.79. The van der Waals surface area contributed by atoms with Gasteiger partial charge in [-0.2, -0.15) is 0 Å². The SMILES string of the molecule is CCCCCCCCCCCC1CCC(c2ccc(-c3cnc(Cl)nc3)cc2)CC1. The molecule has 3 heteroatoms. The molecule has 1 saturated carbocycles. The van der Waals surface area contributed by atoms with Crippen LogP contribution >= 0.6 is 11.6 Å². The van der Waals surface area contributed by atoms with Gasteiger partial charge in [-0.1, -0.05) is 95.4 Å². The van der Waals surface area contributed by atoms with Crippen molar-refractivity contribution in [2.75, 3.05) is 0 Å². The molecule has 0 radical (unpaired) electrons. The summed E-state index contributed by atoms with van der Waals surface area (Å²) in [4.78, 5) is 8.17. The van der Waals surface area contributed by atoms with E-state index in [2.05, 4.69) is 41.2 Å². The molecule has 0 saturated heterocycles. The van der Waals surface area contributed by atoms with Gasteiger partial charge in [0, 0.05) is 18.0 Å². The lowest BCUT2D eigenvalue weighted by Crippen LogP contribution is -2.13. The van der Waals surface area contributed by atoms with E-state index in [4.69, 9.17) is 11.6 Å². The van der Waals surface area contributed by atoms with E-state index in [-0.39, 0.29) is 0 Å². The van der Waals surface area contributed by atoms with Gasteiger partial charge in [-0.15, -0.1) is 0 Å². The molecule has 1 aromatic heterocycles. The largest absolute Gasteiger partial charge is 0.226 e. The van der Waals surface area contributed by atoms with Gasteiger partial charge in [0.25, 0.3) is 0 Å². The van der Waals surface area contributed by atoms with Crippen LogP contribution in [0.15, 0.2) is 36.7 Å². The lowest BCUT2D eigenvalue weighted by Gasteiger charge is -2.29. The molecular weight excluding hydrogens is 388 g/mol. The van der Waals surface area contributed by atoms with E-state index in [0.29, 0.717) is 5.28 Å². The number of hydrogen-bond acceptors (Lipinski definition) is 2. The molecule has 0 atom stereocenters. The Balaban J connectivity index is 1.31. The molecule has 1 aromatic carbocycles. The molecule has 2 aromatic rings. The van der Waals surface area contributed by atoms with Gasteiger partial charge in [-0.3, -0.25) is 0 Å². The van der Waals surface area contributed by atoms with E-state index < -0.39 is 0 Å². The molecule has 1 heterocycles. The topological polar surface area (TPSA) is 25.8 Å². The molecular formula is C27H39ClN2. The van der Waals surface area contributed by atoms with Crippen LogP contribution < -0.4 is 0 Å². The van der Waals surface area contributed by atoms with Gasteiger partial charge >= 0.3 is 0 Å². The molecule has 0 aliphatic heterocycles. The van der Waals surface area contributed by atoms with Crippen molar-refractivity contribution < 1.29 is 0 Å². The Kier molecular flexibility index (Phi) is 10.2. The molecule has 3 rings (SSSR count). The zero-order valence-electron chi connectivity index (χ0n) is 18.8. The van der Waals surface area contributed by atoms with Crippen LogP contribution in [0.2, 0.25) is 5.28 Å². The van der Waals surface area contributed by atoms with Crippen LogP contribution in [0.4, 0.5) is 0 Å². The Hall–Kier alpha value is -1.41. The lowest BCUT2D eigenvalue weighted by atomic mass is 9.77. The highest BCUT2D eigenvalue weighted by molar-refractivity contribution is 6.28. The molecule has 0 spiro atoms. The van der Waals surface area contributed by atoms with Crippen LogP contribution in [0.5, 0.6) is 0 Å². The maximum Gasteiger partial charge on any atom is 0.222 e. The predicted octanol–water partition coefficient (Wildman–Crippen LogP) is 8.99. The van der Waals surface area contributed by atoms with E-state index in [1.54, 1.807) is 12.4 Å². The molecule has 0 unspecified atom stereocenters. The van der Waals surface area contributed by atoms with Crippen LogP contribution in [-0.4, -0.2) is 9.97 Å². The Labute approximate surface area is 188 Å². The maximum absolute atomic E-state index is 5.79. The standard InChI is InChI=1S/C27H39ClN2/c1-2-3-4-5-6-7-8-9-10-11-22-12-14-23(15-13-22)24-16-18-25(19-17-24)26-20-29-27(28)30-21-26/h16-23H,2-15H2,1H3. The zero-order chi connectivity index (χ0) is 21.0. The summed E-state index contributed by atoms with van der Waals surface area (Å²) in [6.45, 7) is 2.29. The molecule has 1 aliphatic carbocycles. The molecule has 1 aliphatic rings. The van der Waals surface area contributed by atoms with Crippen molar-refractivity contribution in [3.63, 3.8) is 0 Å². The van der Waals surface area contributed by atoms with E-state index in [9.17, 15) is 0 Å². The van der Waals surface area contributed by atoms with Gasteiger partial charge in [0.1, 0.15) is 0 Å². The van der Waals surface area contributed by atoms with Crippen molar-refractivity contribution in [3.05, 3.63) is 47.5 Å². The van der Waals surface area contributed by atoms with Gasteiger partial charge in [0.15, 0.2) is 0 Å². The smallest absolute Gasteiger partial charge is 0.222 e. The third-order valence-corrected chi connectivity index (χ3v) is 7.09. The highest BCUT2D eigenvalue weighted by Crippen LogP contribution is 2.38. The Morgan fingerprint density at radius 2 is 1.30 bits per heavy atom. The minimum atomic E-state index is 0.300. The summed E-state index contributed by atoms with van der Waals surface area (Å²) in [6.07, 6.45) is 23.5. The Bertz CT molecular complexity index is 703. The van der Waals surface area contributed by atoms with Crippen LogP contribution in [0, 0.1) is 5.92 Å². The number of hydrogen-bond donors (Lipinski definition) is 0. The van der Waals surface area contributed by atoms with Gasteiger partial charge in [-0.05, 0) is 60.2 Å². The zero-order valence-corrected chi connectivity index (χ0v) is 19.5. The average molecular weight is 427 g/mol. The molecule has 30 heavy (non-hydrogen) atoms. The number of benzene rings is 1. The van der Waals surface area contributed by atoms with Gasteiger partial charge in [0.2, 0.25) is 5.28 Å². The van der Waals surface area contributed by atoms with Crippen molar-refractivity contribution in [2.24, 2.45) is 5.92 Å². The summed E-state index contributed by atoms with van der Waals surface area (Å²) in [5.74, 6) is 1.70. The molecule has 0 N–H and O–H groups in total. The summed E-state index contributed by atoms with van der Waals surface area (Å²) in [6, 6.07) is 9.01. The van der Waals surface area contributed by atoms with Crippen molar-refractivity contribution in [1.82, 2.24) is 9.97 Å². The summed E-state index contributed by atoms with van der Waals surface area (Å²) in [7, 11) is 0. The second-order valence-corrected chi connectivity index (χ2v) is 9.54. The quantitative estimate of drug-likeness (QED) is 0.250. The first kappa shape index (κ1) is 23.3. The Morgan fingerprint density at radius 3 is 1.90 bits per heavy atom. The fourth-order valence-electron chi connectivity index (χ4n) is 4.94. The number of rotatable bonds is 12. The molecule has 1 fully saturated rings. The number of nitrogens with zero attached hydrogens (tertiary/aromatic N) is 2. The van der Waals surface area contributed by atoms with E-state index in [1.807, 2.05) is 0 Å². The van der Waals surface area contributed by atoms with E-state index >= 15 is 0 Å². The van der Waals surface area contributed by atoms with E-state index in [0.717, 1.165) is 23.0 Å². The van der Waals surface area contributed by atoms with Crippen molar-refractivity contribution >= 4 is 11.6 Å². The van der Waals surface area contributed by atoms with Gasteiger partial charge < -0.3 is 0 Å². The highest BCUT2D eigenvalue weighted by Gasteiger charge is 2.22. The maximum atomic E-state index is 5.79. The summed E-state index contributed by atoms with van der Waals surface area (Å²) < 4.78 is 0. The van der Waals surface area contributed by atoms with Crippen molar-refractivity contribution in [1.29, 1.82) is 0 Å². The minimum Gasteiger partial charge on any atom is -0.226 e. The predicted molar refractivity (Wildman–Crippen MR) is 129 cm³/mol. The van der Waals surface area contributed by atoms with Crippen molar-refractivity contribution in [3.8, 4) is 11.1 Å². The molecule has 0 bridgehead atoms. The van der Waals surface area contributed by atoms with Crippen molar-refractivity contribution in [2.45, 2.75) is 103 Å². The van der Waals surface area contributed by atoms with Crippen LogP contribution in [0.1, 0.15) is 108 Å². The first-order chi connectivity index (χ1) is 14.8. The fraction of sp³-hybridized carbons (Fsp3) is 0.630. The first-order valence-electron chi connectivity index (χ1n) is 12.3. The number of halogens is 1. The highest BCUT2D eigenvalue weighted by atomic mass is 35.5. The van der Waals surface area contributed by atoms with Gasteiger partial charge in [0.05, 0.1) is 0 Å². The van der Waals surface area contributed by atoms with E-state index in [1.165, 1.54) is 95.5 Å². The monoisotopic (exact) mass is 426 g/mol. The summed E-state index contributed by atoms with van der Waals surface area (Å²) in [5, 5.41) is 0.300. The van der Waals surface area contributed by atoms with Crippen LogP contribution in [0.25, 0.3) is 11.1 Å². The summed E-state index contributed by atoms with van der Waals surface area (Å²) >= 11 is 5.79. The number of aromatic nitrogens is 2. The van der Waals surface area contributed by atoms with Gasteiger partial charge in [-0.25, -0.2) is 9.97 Å². The van der Waals surface area contributed by atoms with Crippen LogP contribution in [-0.2, 0) is 0 Å². The molecule has 2 nitrogen and oxygen atoms in total.